The first-order valence-electron chi connectivity index (χ1n) is 8.79. The molecule has 2 rings (SSSR count). The van der Waals surface area contributed by atoms with E-state index in [1.807, 2.05) is 11.8 Å². The van der Waals surface area contributed by atoms with Crippen molar-refractivity contribution in [2.75, 3.05) is 52.8 Å². The lowest BCUT2D eigenvalue weighted by Gasteiger charge is -2.34. The summed E-state index contributed by atoms with van der Waals surface area (Å²) < 4.78 is 10.6. The van der Waals surface area contributed by atoms with Crippen molar-refractivity contribution in [1.82, 2.24) is 10.2 Å². The molecule has 1 N–H and O–H groups in total. The Hall–Kier alpha value is -0.950. The van der Waals surface area contributed by atoms with Gasteiger partial charge in [-0.2, -0.15) is 11.8 Å². The van der Waals surface area contributed by atoms with Crippen LogP contribution in [0.5, 0.6) is 0 Å². The summed E-state index contributed by atoms with van der Waals surface area (Å²) in [5.41, 5.74) is 0. The number of methoxy groups -OCH3 is 1. The smallest absolute Gasteiger partial charge is 0.310 e. The summed E-state index contributed by atoms with van der Waals surface area (Å²) in [6.07, 6.45) is 4.25. The third-order valence-corrected chi connectivity index (χ3v) is 6.51. The first kappa shape index (κ1) is 19.4. The lowest BCUT2D eigenvalue weighted by atomic mass is 9.99. The number of rotatable bonds is 5. The van der Waals surface area contributed by atoms with Gasteiger partial charge >= 0.3 is 5.97 Å². The fraction of sp³-hybridized carbons (Fsp3) is 0.882. The fourth-order valence-electron chi connectivity index (χ4n) is 3.41. The molecule has 0 aliphatic carbocycles. The Bertz CT molecular complexity index is 452. The van der Waals surface area contributed by atoms with Crippen LogP contribution in [0, 0.1) is 11.8 Å². The molecule has 2 fully saturated rings. The summed E-state index contributed by atoms with van der Waals surface area (Å²) in [5, 5.41) is 3.39. The van der Waals surface area contributed by atoms with E-state index in [1.165, 1.54) is 7.11 Å². The molecule has 0 bridgehead atoms. The average Bonchev–Trinajstić information content (AvgIpc) is 3.00. The maximum atomic E-state index is 11.9. The Balaban J connectivity index is 2.07. The van der Waals surface area contributed by atoms with Crippen LogP contribution in [0.1, 0.15) is 26.7 Å². The molecule has 138 valence electrons. The third-order valence-electron chi connectivity index (χ3n) is 5.10. The van der Waals surface area contributed by atoms with Crippen LogP contribution in [0.3, 0.4) is 0 Å². The molecule has 6 nitrogen and oxygen atoms in total. The van der Waals surface area contributed by atoms with Crippen LogP contribution in [0.4, 0.5) is 0 Å². The molecule has 0 aromatic carbocycles. The number of carbonyl (C=O) groups is 1. The van der Waals surface area contributed by atoms with Gasteiger partial charge in [-0.15, -0.1) is 0 Å². The fourth-order valence-corrected chi connectivity index (χ4v) is 4.18. The number of esters is 1. The minimum Gasteiger partial charge on any atom is -0.469 e. The quantitative estimate of drug-likeness (QED) is 0.458. The van der Waals surface area contributed by atoms with E-state index in [2.05, 4.69) is 30.3 Å². The second kappa shape index (κ2) is 8.94. The van der Waals surface area contributed by atoms with E-state index in [0.717, 1.165) is 51.6 Å². The zero-order valence-corrected chi connectivity index (χ0v) is 16.2. The van der Waals surface area contributed by atoms with Gasteiger partial charge in [0.2, 0.25) is 0 Å². The van der Waals surface area contributed by atoms with Crippen molar-refractivity contribution < 1.29 is 14.3 Å². The third kappa shape index (κ3) is 4.57. The Kier molecular flexibility index (Phi) is 7.22. The van der Waals surface area contributed by atoms with Gasteiger partial charge in [0.05, 0.1) is 19.6 Å². The highest BCUT2D eigenvalue weighted by Gasteiger charge is 2.37. The topological polar surface area (TPSA) is 63.2 Å². The Morgan fingerprint density at radius 1 is 1.42 bits per heavy atom. The maximum absolute atomic E-state index is 11.9. The summed E-state index contributed by atoms with van der Waals surface area (Å²) in [7, 11) is 1.46. The zero-order valence-electron chi connectivity index (χ0n) is 15.3. The largest absolute Gasteiger partial charge is 0.469 e. The molecule has 0 aromatic heterocycles. The van der Waals surface area contributed by atoms with E-state index in [1.54, 1.807) is 0 Å². The summed E-state index contributed by atoms with van der Waals surface area (Å²) >= 11 is 1.90. The molecular formula is C17H31N3O3S. The number of aliphatic imine (C=N–C) groups is 1. The van der Waals surface area contributed by atoms with E-state index >= 15 is 0 Å². The van der Waals surface area contributed by atoms with E-state index in [4.69, 9.17) is 14.5 Å². The highest BCUT2D eigenvalue weighted by atomic mass is 32.2. The van der Waals surface area contributed by atoms with Crippen molar-refractivity contribution in [3.05, 3.63) is 0 Å². The molecule has 0 saturated carbocycles. The standard InChI is InChI=1S/C17H31N3O3S/c1-5-18-16(19-12-17(24-4)6-8-23-9-7-17)20-10-13(2)14(11-20)15(21)22-3/h13-14H,5-12H2,1-4H3,(H,18,19). The normalized spacial score (nSPS) is 27.2. The van der Waals surface area contributed by atoms with Crippen LogP contribution in [-0.4, -0.2) is 74.3 Å². The zero-order chi connectivity index (χ0) is 17.6. The Morgan fingerprint density at radius 3 is 2.71 bits per heavy atom. The van der Waals surface area contributed by atoms with Gasteiger partial charge < -0.3 is 19.7 Å². The molecule has 0 radical (unpaired) electrons. The number of ether oxygens (including phenoxy) is 2. The minimum absolute atomic E-state index is 0.0727. The van der Waals surface area contributed by atoms with Gasteiger partial charge in [0.1, 0.15) is 0 Å². The highest BCUT2D eigenvalue weighted by molar-refractivity contribution is 8.00. The average molecular weight is 358 g/mol. The number of carbonyl (C=O) groups excluding carboxylic acids is 1. The van der Waals surface area contributed by atoms with Gasteiger partial charge in [0.25, 0.3) is 0 Å². The molecule has 2 heterocycles. The van der Waals surface area contributed by atoms with Crippen LogP contribution >= 0.6 is 11.8 Å². The molecule has 2 atom stereocenters. The predicted octanol–water partition coefficient (Wildman–Crippen LogP) is 1.61. The van der Waals surface area contributed by atoms with Crippen molar-refractivity contribution in [2.24, 2.45) is 16.8 Å². The molecule has 0 spiro atoms. The lowest BCUT2D eigenvalue weighted by molar-refractivity contribution is -0.145. The van der Waals surface area contributed by atoms with Gasteiger partial charge in [-0.25, -0.2) is 0 Å². The molecule has 2 aliphatic heterocycles. The van der Waals surface area contributed by atoms with Crippen molar-refractivity contribution in [3.8, 4) is 0 Å². The number of thioether (sulfide) groups is 1. The van der Waals surface area contributed by atoms with Gasteiger partial charge in [0.15, 0.2) is 5.96 Å². The molecule has 24 heavy (non-hydrogen) atoms. The molecular weight excluding hydrogens is 326 g/mol. The van der Waals surface area contributed by atoms with Gasteiger partial charge in [-0.05, 0) is 31.9 Å². The molecule has 0 aromatic rings. The first-order chi connectivity index (χ1) is 11.5. The van der Waals surface area contributed by atoms with Crippen molar-refractivity contribution in [3.63, 3.8) is 0 Å². The highest BCUT2D eigenvalue weighted by Crippen LogP contribution is 2.34. The minimum atomic E-state index is -0.120. The number of nitrogens with one attached hydrogen (secondary N) is 1. The molecule has 2 unspecified atom stereocenters. The van der Waals surface area contributed by atoms with Crippen molar-refractivity contribution in [1.29, 1.82) is 0 Å². The number of hydrogen-bond acceptors (Lipinski definition) is 5. The Labute approximate surface area is 149 Å². The second-order valence-electron chi connectivity index (χ2n) is 6.68. The SMILES string of the molecule is CCNC(=NCC1(SC)CCOCC1)N1CC(C)C(C(=O)OC)C1. The van der Waals surface area contributed by atoms with Crippen LogP contribution in [-0.2, 0) is 14.3 Å². The van der Waals surface area contributed by atoms with Crippen molar-refractivity contribution in [2.45, 2.75) is 31.4 Å². The molecule has 2 saturated heterocycles. The number of guanidine groups is 1. The second-order valence-corrected chi connectivity index (χ2v) is 7.96. The van der Waals surface area contributed by atoms with E-state index in [9.17, 15) is 4.79 Å². The molecule has 0 amide bonds. The number of hydrogen-bond donors (Lipinski definition) is 1. The summed E-state index contributed by atoms with van der Waals surface area (Å²) in [6.45, 7) is 8.93. The van der Waals surface area contributed by atoms with Crippen LogP contribution in [0.2, 0.25) is 0 Å². The van der Waals surface area contributed by atoms with Gasteiger partial charge in [-0.3, -0.25) is 9.79 Å². The number of nitrogens with zero attached hydrogens (tertiary/aromatic N) is 2. The Morgan fingerprint density at radius 2 is 2.12 bits per heavy atom. The van der Waals surface area contributed by atoms with Crippen LogP contribution < -0.4 is 5.32 Å². The van der Waals surface area contributed by atoms with Crippen molar-refractivity contribution >= 4 is 23.7 Å². The number of likely N-dealkylation sites (tertiary alicyclic amines) is 1. The van der Waals surface area contributed by atoms with E-state index in [0.29, 0.717) is 6.54 Å². The predicted molar refractivity (Wildman–Crippen MR) is 98.5 cm³/mol. The van der Waals surface area contributed by atoms with E-state index in [-0.39, 0.29) is 22.6 Å². The summed E-state index contributed by atoms with van der Waals surface area (Å²) in [5.74, 6) is 0.997. The summed E-state index contributed by atoms with van der Waals surface area (Å²) in [4.78, 5) is 19.0. The summed E-state index contributed by atoms with van der Waals surface area (Å²) in [6, 6.07) is 0. The van der Waals surface area contributed by atoms with Gasteiger partial charge in [0, 0.05) is 37.6 Å². The van der Waals surface area contributed by atoms with Crippen LogP contribution in [0.25, 0.3) is 0 Å². The van der Waals surface area contributed by atoms with E-state index < -0.39 is 0 Å². The molecule has 7 heteroatoms. The lowest BCUT2D eigenvalue weighted by Crippen LogP contribution is -2.43. The monoisotopic (exact) mass is 357 g/mol. The van der Waals surface area contributed by atoms with Crippen LogP contribution in [0.15, 0.2) is 4.99 Å². The van der Waals surface area contributed by atoms with Gasteiger partial charge in [-0.1, -0.05) is 6.92 Å². The first-order valence-corrected chi connectivity index (χ1v) is 10.0. The molecule has 2 aliphatic rings. The maximum Gasteiger partial charge on any atom is 0.310 e.